The highest BCUT2D eigenvalue weighted by Gasteiger charge is 2.22. The maximum absolute atomic E-state index is 12.9. The first kappa shape index (κ1) is 17.8. The maximum Gasteiger partial charge on any atom is 0.255 e. The topological polar surface area (TPSA) is 45.2 Å². The lowest BCUT2D eigenvalue weighted by atomic mass is 9.99. The van der Waals surface area contributed by atoms with Crippen LogP contribution in [0, 0.1) is 0 Å². The van der Waals surface area contributed by atoms with Crippen molar-refractivity contribution in [2.24, 2.45) is 0 Å². The number of carbonyl (C=O) groups is 1. The molecule has 0 unspecified atom stereocenters. The lowest BCUT2D eigenvalue weighted by molar-refractivity contribution is 0.0734. The van der Waals surface area contributed by atoms with Crippen LogP contribution in [-0.2, 0) is 13.0 Å². The molecule has 1 amide bonds. The number of hydrogen-bond donors (Lipinski definition) is 1. The van der Waals surface area contributed by atoms with Crippen LogP contribution in [0.3, 0.4) is 0 Å². The number of halogens is 2. The van der Waals surface area contributed by atoms with Crippen LogP contribution in [0.25, 0.3) is 0 Å². The Balaban J connectivity index is 1.53. The minimum atomic E-state index is -0.0251. The molecule has 0 radical (unpaired) electrons. The fourth-order valence-corrected chi connectivity index (χ4v) is 3.68. The number of aromatic nitrogens is 1. The van der Waals surface area contributed by atoms with E-state index in [2.05, 4.69) is 22.4 Å². The average molecular weight is 398 g/mol. The minimum Gasteiger partial charge on any atom is -0.353 e. The van der Waals surface area contributed by atoms with Gasteiger partial charge in [0.25, 0.3) is 5.91 Å². The number of benzene rings is 2. The van der Waals surface area contributed by atoms with Gasteiger partial charge >= 0.3 is 0 Å². The number of amides is 1. The highest BCUT2D eigenvalue weighted by atomic mass is 35.5. The molecule has 0 saturated carbocycles. The molecule has 0 bridgehead atoms. The molecule has 27 heavy (non-hydrogen) atoms. The zero-order valence-electron chi connectivity index (χ0n) is 14.5. The molecule has 0 spiro atoms. The van der Waals surface area contributed by atoms with Crippen LogP contribution >= 0.6 is 23.2 Å². The van der Waals surface area contributed by atoms with Gasteiger partial charge in [-0.15, -0.1) is 0 Å². The predicted octanol–water partition coefficient (Wildman–Crippen LogP) is 5.33. The Bertz CT molecular complexity index is 1010. The van der Waals surface area contributed by atoms with Crippen LogP contribution in [0.15, 0.2) is 60.9 Å². The number of fused-ring (bicyclic) bond motifs is 1. The highest BCUT2D eigenvalue weighted by Crippen LogP contribution is 2.28. The summed E-state index contributed by atoms with van der Waals surface area (Å²) in [6.07, 6.45) is 4.12. The van der Waals surface area contributed by atoms with Crippen LogP contribution < -0.4 is 5.32 Å². The van der Waals surface area contributed by atoms with Crippen molar-refractivity contribution >= 4 is 40.5 Å². The summed E-state index contributed by atoms with van der Waals surface area (Å²) in [6.45, 7) is 1.33. The van der Waals surface area contributed by atoms with Crippen molar-refractivity contribution in [3.63, 3.8) is 0 Å². The van der Waals surface area contributed by atoms with Crippen molar-refractivity contribution in [2.75, 3.05) is 11.9 Å². The van der Waals surface area contributed by atoms with Gasteiger partial charge in [-0.1, -0.05) is 47.5 Å². The maximum atomic E-state index is 12.9. The smallest absolute Gasteiger partial charge is 0.255 e. The third-order valence-corrected chi connectivity index (χ3v) is 5.16. The zero-order valence-corrected chi connectivity index (χ0v) is 16.0. The second-order valence-corrected chi connectivity index (χ2v) is 7.30. The summed E-state index contributed by atoms with van der Waals surface area (Å²) in [5, 5.41) is 4.26. The number of rotatable bonds is 3. The Morgan fingerprint density at radius 1 is 1.04 bits per heavy atom. The van der Waals surface area contributed by atoms with E-state index in [0.717, 1.165) is 6.42 Å². The second-order valence-electron chi connectivity index (χ2n) is 6.46. The first-order valence-electron chi connectivity index (χ1n) is 8.63. The number of anilines is 2. The summed E-state index contributed by atoms with van der Waals surface area (Å²) in [4.78, 5) is 19.0. The molecule has 0 fully saturated rings. The van der Waals surface area contributed by atoms with Crippen LogP contribution in [-0.4, -0.2) is 22.3 Å². The van der Waals surface area contributed by atoms with Gasteiger partial charge in [-0.25, -0.2) is 0 Å². The summed E-state index contributed by atoms with van der Waals surface area (Å²) < 4.78 is 0. The fourth-order valence-electron chi connectivity index (χ4n) is 3.22. The molecule has 4 rings (SSSR count). The molecule has 0 saturated heterocycles. The van der Waals surface area contributed by atoms with Gasteiger partial charge in [0, 0.05) is 24.3 Å². The van der Waals surface area contributed by atoms with Gasteiger partial charge in [0.05, 0.1) is 28.2 Å². The van der Waals surface area contributed by atoms with Crippen molar-refractivity contribution < 1.29 is 4.79 Å². The van der Waals surface area contributed by atoms with E-state index in [0.29, 0.717) is 40.1 Å². The Labute approximate surface area is 167 Å². The van der Waals surface area contributed by atoms with E-state index in [1.807, 2.05) is 17.0 Å². The van der Waals surface area contributed by atoms with Crippen molar-refractivity contribution in [3.8, 4) is 0 Å². The van der Waals surface area contributed by atoms with E-state index in [-0.39, 0.29) is 5.91 Å². The van der Waals surface area contributed by atoms with Gasteiger partial charge in [-0.2, -0.15) is 0 Å². The molecule has 0 aliphatic carbocycles. The molecule has 4 nitrogen and oxygen atoms in total. The molecule has 1 N–H and O–H groups in total. The normalized spacial score (nSPS) is 13.2. The molecule has 1 aliphatic rings. The largest absolute Gasteiger partial charge is 0.353 e. The first-order chi connectivity index (χ1) is 13.1. The van der Waals surface area contributed by atoms with Gasteiger partial charge in [0.2, 0.25) is 0 Å². The summed E-state index contributed by atoms with van der Waals surface area (Å²) in [5.41, 5.74) is 4.46. The van der Waals surface area contributed by atoms with Gasteiger partial charge in [-0.05, 0) is 41.8 Å². The Morgan fingerprint density at radius 2 is 1.85 bits per heavy atom. The molecule has 6 heteroatoms. The Morgan fingerprint density at radius 3 is 2.67 bits per heavy atom. The summed E-state index contributed by atoms with van der Waals surface area (Å²) in [6, 6.07) is 15.3. The number of pyridine rings is 1. The lowest BCUT2D eigenvalue weighted by Gasteiger charge is -2.29. The SMILES string of the molecule is O=C(c1cncc(Nc2ccc(Cl)cc2Cl)c1)N1CCc2ccccc2C1. The Kier molecular flexibility index (Phi) is 5.01. The van der Waals surface area contributed by atoms with Crippen LogP contribution in [0.2, 0.25) is 10.0 Å². The van der Waals surface area contributed by atoms with Crippen LogP contribution in [0.5, 0.6) is 0 Å². The van der Waals surface area contributed by atoms with Crippen molar-refractivity contribution in [2.45, 2.75) is 13.0 Å². The van der Waals surface area contributed by atoms with Crippen molar-refractivity contribution in [1.29, 1.82) is 0 Å². The van der Waals surface area contributed by atoms with Crippen LogP contribution in [0.4, 0.5) is 11.4 Å². The third kappa shape index (κ3) is 3.92. The number of nitrogens with zero attached hydrogens (tertiary/aromatic N) is 2. The van der Waals surface area contributed by atoms with Gasteiger partial charge in [0.15, 0.2) is 0 Å². The van der Waals surface area contributed by atoms with E-state index in [9.17, 15) is 4.79 Å². The van der Waals surface area contributed by atoms with E-state index in [1.165, 1.54) is 11.1 Å². The van der Waals surface area contributed by atoms with E-state index >= 15 is 0 Å². The number of carbonyl (C=O) groups excluding carboxylic acids is 1. The molecule has 1 aromatic heterocycles. The second kappa shape index (κ2) is 7.59. The van der Waals surface area contributed by atoms with Gasteiger partial charge in [0.1, 0.15) is 0 Å². The minimum absolute atomic E-state index is 0.0251. The molecule has 1 aliphatic heterocycles. The number of nitrogens with one attached hydrogen (secondary N) is 1. The molecule has 3 aromatic rings. The zero-order chi connectivity index (χ0) is 18.8. The van der Waals surface area contributed by atoms with E-state index < -0.39 is 0 Å². The monoisotopic (exact) mass is 397 g/mol. The molecule has 2 aromatic carbocycles. The lowest BCUT2D eigenvalue weighted by Crippen LogP contribution is -2.36. The molecule has 0 atom stereocenters. The van der Waals surface area contributed by atoms with Gasteiger partial charge < -0.3 is 10.2 Å². The standard InChI is InChI=1S/C21H17Cl2N3O/c22-17-5-6-20(19(23)10-17)25-18-9-16(11-24-12-18)21(27)26-8-7-14-3-1-2-4-15(14)13-26/h1-6,9-12,25H,7-8,13H2. The summed E-state index contributed by atoms with van der Waals surface area (Å²) in [7, 11) is 0. The molecule has 136 valence electrons. The summed E-state index contributed by atoms with van der Waals surface area (Å²) in [5.74, 6) is -0.0251. The third-order valence-electron chi connectivity index (χ3n) is 4.61. The number of hydrogen-bond acceptors (Lipinski definition) is 3. The predicted molar refractivity (Wildman–Crippen MR) is 109 cm³/mol. The molecular formula is C21H17Cl2N3O. The highest BCUT2D eigenvalue weighted by molar-refractivity contribution is 6.36. The summed E-state index contributed by atoms with van der Waals surface area (Å²) >= 11 is 12.1. The quantitative estimate of drug-likeness (QED) is 0.649. The van der Waals surface area contributed by atoms with E-state index in [1.54, 1.807) is 36.7 Å². The van der Waals surface area contributed by atoms with Crippen LogP contribution in [0.1, 0.15) is 21.5 Å². The first-order valence-corrected chi connectivity index (χ1v) is 9.39. The van der Waals surface area contributed by atoms with Gasteiger partial charge in [-0.3, -0.25) is 9.78 Å². The Hall–Kier alpha value is -2.56. The molecule has 2 heterocycles. The fraction of sp³-hybridized carbons (Fsp3) is 0.143. The van der Waals surface area contributed by atoms with Crippen molar-refractivity contribution in [1.82, 2.24) is 9.88 Å². The molecular weight excluding hydrogens is 381 g/mol. The van der Waals surface area contributed by atoms with Crippen molar-refractivity contribution in [3.05, 3.63) is 87.7 Å². The van der Waals surface area contributed by atoms with E-state index in [4.69, 9.17) is 23.2 Å². The average Bonchev–Trinajstić information content (AvgIpc) is 2.69.